The van der Waals surface area contributed by atoms with E-state index in [4.69, 9.17) is 25.8 Å². The predicted octanol–water partition coefficient (Wildman–Crippen LogP) is 5.33. The van der Waals surface area contributed by atoms with Crippen molar-refractivity contribution in [1.29, 1.82) is 0 Å². The number of halogens is 1. The summed E-state index contributed by atoms with van der Waals surface area (Å²) in [6.45, 7) is 3.33. The van der Waals surface area contributed by atoms with E-state index in [0.717, 1.165) is 10.6 Å². The molecule has 10 heteroatoms. The number of methoxy groups -OCH3 is 1. The van der Waals surface area contributed by atoms with E-state index in [-0.39, 0.29) is 11.8 Å². The molecule has 0 bridgehead atoms. The number of sulfonamides is 1. The molecule has 0 heterocycles. The Bertz CT molecular complexity index is 1280. The number of anilines is 2. The Labute approximate surface area is 210 Å². The molecule has 0 aliphatic carbocycles. The number of rotatable bonds is 10. The van der Waals surface area contributed by atoms with Crippen molar-refractivity contribution in [3.8, 4) is 23.0 Å². The minimum atomic E-state index is -3.76. The minimum Gasteiger partial charge on any atom is -0.493 e. The molecule has 0 spiro atoms. The Balaban J connectivity index is 1.82. The molecule has 8 nitrogen and oxygen atoms in total. The summed E-state index contributed by atoms with van der Waals surface area (Å²) in [5.74, 6) is 1.28. The molecule has 3 aromatic carbocycles. The Morgan fingerprint density at radius 2 is 1.66 bits per heavy atom. The highest BCUT2D eigenvalue weighted by Crippen LogP contribution is 2.36. The lowest BCUT2D eigenvalue weighted by Gasteiger charge is -2.23. The zero-order valence-electron chi connectivity index (χ0n) is 19.8. The van der Waals surface area contributed by atoms with Gasteiger partial charge in [0.1, 0.15) is 12.3 Å². The molecule has 3 aromatic rings. The van der Waals surface area contributed by atoms with Gasteiger partial charge in [-0.05, 0) is 68.4 Å². The molecule has 0 aliphatic heterocycles. The summed E-state index contributed by atoms with van der Waals surface area (Å²) in [5.41, 5.74) is 0.609. The predicted molar refractivity (Wildman–Crippen MR) is 138 cm³/mol. The van der Waals surface area contributed by atoms with Gasteiger partial charge in [0.2, 0.25) is 15.9 Å². The van der Waals surface area contributed by atoms with Crippen molar-refractivity contribution in [2.45, 2.75) is 20.0 Å². The first-order valence-electron chi connectivity index (χ1n) is 10.7. The SMILES string of the molecule is COc1ccccc1Oc1ccc(Cl)cc1NC(=O)CN(c1ccc(OC(C)C)cc1)S(C)(=O)=O. The van der Waals surface area contributed by atoms with E-state index in [1.807, 2.05) is 13.8 Å². The number of hydrogen-bond donors (Lipinski definition) is 1. The number of para-hydroxylation sites is 2. The lowest BCUT2D eigenvalue weighted by molar-refractivity contribution is -0.114. The third kappa shape index (κ3) is 7.27. The van der Waals surface area contributed by atoms with E-state index in [1.165, 1.54) is 13.2 Å². The van der Waals surface area contributed by atoms with Gasteiger partial charge in [-0.1, -0.05) is 23.7 Å². The van der Waals surface area contributed by atoms with Crippen LogP contribution < -0.4 is 23.8 Å². The third-order valence-corrected chi connectivity index (χ3v) is 6.06. The summed E-state index contributed by atoms with van der Waals surface area (Å²) in [5, 5.41) is 3.07. The molecule has 0 unspecified atom stereocenters. The fourth-order valence-electron chi connectivity index (χ4n) is 3.19. The van der Waals surface area contributed by atoms with Crippen LogP contribution in [0.3, 0.4) is 0 Å². The van der Waals surface area contributed by atoms with E-state index in [9.17, 15) is 13.2 Å². The lowest BCUT2D eigenvalue weighted by Crippen LogP contribution is -2.37. The summed E-state index contributed by atoms with van der Waals surface area (Å²) in [6.07, 6.45) is 1.01. The van der Waals surface area contributed by atoms with Crippen molar-refractivity contribution in [2.24, 2.45) is 0 Å². The minimum absolute atomic E-state index is 0.0254. The van der Waals surface area contributed by atoms with Gasteiger partial charge in [0.25, 0.3) is 0 Å². The summed E-state index contributed by atoms with van der Waals surface area (Å²) >= 11 is 6.14. The molecule has 0 saturated heterocycles. The highest BCUT2D eigenvalue weighted by atomic mass is 35.5. The number of amides is 1. The number of hydrogen-bond acceptors (Lipinski definition) is 6. The maximum absolute atomic E-state index is 12.9. The number of carbonyl (C=O) groups excluding carboxylic acids is 1. The van der Waals surface area contributed by atoms with Gasteiger partial charge >= 0.3 is 0 Å². The van der Waals surface area contributed by atoms with Gasteiger partial charge in [0, 0.05) is 5.02 Å². The van der Waals surface area contributed by atoms with Crippen molar-refractivity contribution in [3.63, 3.8) is 0 Å². The second kappa shape index (κ2) is 11.3. The number of benzene rings is 3. The molecule has 0 aromatic heterocycles. The van der Waals surface area contributed by atoms with E-state index < -0.39 is 22.5 Å². The Kier molecular flexibility index (Phi) is 8.48. The van der Waals surface area contributed by atoms with Crippen molar-refractivity contribution in [2.75, 3.05) is 29.5 Å². The van der Waals surface area contributed by atoms with Crippen LogP contribution in [0.25, 0.3) is 0 Å². The van der Waals surface area contributed by atoms with Gasteiger partial charge in [-0.25, -0.2) is 8.42 Å². The van der Waals surface area contributed by atoms with Crippen LogP contribution in [-0.4, -0.2) is 40.3 Å². The largest absolute Gasteiger partial charge is 0.493 e. The van der Waals surface area contributed by atoms with Crippen LogP contribution in [0.15, 0.2) is 66.7 Å². The molecule has 0 aliphatic rings. The first-order valence-corrected chi connectivity index (χ1v) is 12.9. The molecular weight excluding hydrogens is 492 g/mol. The van der Waals surface area contributed by atoms with Crippen molar-refractivity contribution < 1.29 is 27.4 Å². The Morgan fingerprint density at radius 1 is 1.00 bits per heavy atom. The van der Waals surface area contributed by atoms with Gasteiger partial charge < -0.3 is 19.5 Å². The lowest BCUT2D eigenvalue weighted by atomic mass is 10.2. The fourth-order valence-corrected chi connectivity index (χ4v) is 4.22. The van der Waals surface area contributed by atoms with Crippen LogP contribution in [0, 0.1) is 0 Å². The molecule has 1 amide bonds. The number of nitrogens with zero attached hydrogens (tertiary/aromatic N) is 1. The number of nitrogens with one attached hydrogen (secondary N) is 1. The number of carbonyl (C=O) groups is 1. The molecule has 0 atom stereocenters. The maximum atomic E-state index is 12.9. The maximum Gasteiger partial charge on any atom is 0.245 e. The second-order valence-corrected chi connectivity index (χ2v) is 10.2. The summed E-state index contributed by atoms with van der Waals surface area (Å²) in [6, 6.07) is 18.3. The summed E-state index contributed by atoms with van der Waals surface area (Å²) in [7, 11) is -2.24. The molecule has 0 fully saturated rings. The number of ether oxygens (including phenoxy) is 3. The van der Waals surface area contributed by atoms with Gasteiger partial charge in [-0.2, -0.15) is 0 Å². The quantitative estimate of drug-likeness (QED) is 0.389. The zero-order valence-corrected chi connectivity index (χ0v) is 21.4. The smallest absolute Gasteiger partial charge is 0.245 e. The fraction of sp³-hybridized carbons (Fsp3) is 0.240. The molecular formula is C25H27ClN2O6S. The van der Waals surface area contributed by atoms with Crippen LogP contribution in [0.4, 0.5) is 11.4 Å². The van der Waals surface area contributed by atoms with E-state index >= 15 is 0 Å². The first kappa shape index (κ1) is 26.2. The Morgan fingerprint density at radius 3 is 2.26 bits per heavy atom. The molecule has 186 valence electrons. The topological polar surface area (TPSA) is 94.2 Å². The highest BCUT2D eigenvalue weighted by molar-refractivity contribution is 7.92. The van der Waals surface area contributed by atoms with Crippen molar-refractivity contribution in [1.82, 2.24) is 0 Å². The van der Waals surface area contributed by atoms with Crippen LogP contribution in [0.2, 0.25) is 5.02 Å². The molecule has 3 rings (SSSR count). The van der Waals surface area contributed by atoms with Crippen LogP contribution in [0.1, 0.15) is 13.8 Å². The average Bonchev–Trinajstić information content (AvgIpc) is 2.79. The van der Waals surface area contributed by atoms with Crippen molar-refractivity contribution >= 4 is 38.9 Å². The van der Waals surface area contributed by atoms with E-state index in [1.54, 1.807) is 60.7 Å². The zero-order chi connectivity index (χ0) is 25.6. The van der Waals surface area contributed by atoms with Crippen LogP contribution in [0.5, 0.6) is 23.0 Å². The molecule has 0 radical (unpaired) electrons. The van der Waals surface area contributed by atoms with Crippen LogP contribution >= 0.6 is 11.6 Å². The van der Waals surface area contributed by atoms with Gasteiger partial charge in [0.15, 0.2) is 17.2 Å². The third-order valence-electron chi connectivity index (χ3n) is 4.69. The van der Waals surface area contributed by atoms with E-state index in [0.29, 0.717) is 33.7 Å². The van der Waals surface area contributed by atoms with Gasteiger partial charge in [-0.3, -0.25) is 9.10 Å². The standard InChI is InChI=1S/C25H27ClN2O6S/c1-17(2)33-20-12-10-19(11-13-20)28(35(4,30)31)16-25(29)27-21-15-18(26)9-14-22(21)34-24-8-6-5-7-23(24)32-3/h5-15,17H,16H2,1-4H3,(H,27,29). The van der Waals surface area contributed by atoms with E-state index in [2.05, 4.69) is 5.32 Å². The highest BCUT2D eigenvalue weighted by Gasteiger charge is 2.22. The Hall–Kier alpha value is -3.43. The molecule has 35 heavy (non-hydrogen) atoms. The monoisotopic (exact) mass is 518 g/mol. The molecule has 0 saturated carbocycles. The van der Waals surface area contributed by atoms with Gasteiger partial charge in [0.05, 0.1) is 30.8 Å². The van der Waals surface area contributed by atoms with Crippen LogP contribution in [-0.2, 0) is 14.8 Å². The molecule has 1 N–H and O–H groups in total. The summed E-state index contributed by atoms with van der Waals surface area (Å²) in [4.78, 5) is 12.9. The van der Waals surface area contributed by atoms with Gasteiger partial charge in [-0.15, -0.1) is 0 Å². The average molecular weight is 519 g/mol. The second-order valence-electron chi connectivity index (χ2n) is 7.87. The van der Waals surface area contributed by atoms with Crippen molar-refractivity contribution in [3.05, 3.63) is 71.8 Å². The normalized spacial score (nSPS) is 11.1. The summed E-state index contributed by atoms with van der Waals surface area (Å²) < 4.78 is 42.8. The first-order chi connectivity index (χ1) is 16.6.